The number of ether oxygens (including phenoxy) is 1. The molecule has 126 valence electrons. The Morgan fingerprint density at radius 3 is 2.64 bits per heavy atom. The summed E-state index contributed by atoms with van der Waals surface area (Å²) < 4.78 is 5.49. The fourth-order valence-electron chi connectivity index (χ4n) is 4.14. The highest BCUT2D eigenvalue weighted by atomic mass is 16.5. The van der Waals surface area contributed by atoms with E-state index in [4.69, 9.17) is 4.74 Å². The van der Waals surface area contributed by atoms with E-state index in [1.165, 1.54) is 19.3 Å². The molecule has 3 aliphatic rings. The third-order valence-electron chi connectivity index (χ3n) is 5.48. The summed E-state index contributed by atoms with van der Waals surface area (Å²) in [6, 6.07) is -0.236. The van der Waals surface area contributed by atoms with E-state index in [0.29, 0.717) is 13.0 Å². The zero-order valence-electron chi connectivity index (χ0n) is 13.4. The quantitative estimate of drug-likeness (QED) is 0.674. The Labute approximate surface area is 132 Å². The summed E-state index contributed by atoms with van der Waals surface area (Å²) in [6.45, 7) is 4.78. The van der Waals surface area contributed by atoms with Crippen molar-refractivity contribution >= 4 is 5.91 Å². The molecular formula is C16H29N3O3. The Hall–Kier alpha value is -0.690. The SMILES string of the molecule is O=C(NCC1(N2CCOCC2)CCCCC1)[C@@H]1C[C@@H](O)CN1. The van der Waals surface area contributed by atoms with Crippen LogP contribution in [-0.4, -0.2) is 73.0 Å². The van der Waals surface area contributed by atoms with Crippen LogP contribution in [0.3, 0.4) is 0 Å². The Kier molecular flexibility index (Phi) is 5.33. The third-order valence-corrected chi connectivity index (χ3v) is 5.48. The molecule has 2 atom stereocenters. The van der Waals surface area contributed by atoms with Gasteiger partial charge in [-0.25, -0.2) is 0 Å². The van der Waals surface area contributed by atoms with Gasteiger partial charge in [-0.1, -0.05) is 19.3 Å². The van der Waals surface area contributed by atoms with Crippen LogP contribution in [0.15, 0.2) is 0 Å². The van der Waals surface area contributed by atoms with Crippen LogP contribution in [0.25, 0.3) is 0 Å². The average molecular weight is 311 g/mol. The zero-order chi connectivity index (χ0) is 15.4. The molecule has 6 heteroatoms. The molecule has 3 N–H and O–H groups in total. The maximum Gasteiger partial charge on any atom is 0.237 e. The standard InChI is InChI=1S/C16H29N3O3/c20-13-10-14(17-11-13)15(21)18-12-16(4-2-1-3-5-16)19-6-8-22-9-7-19/h13-14,17,20H,1-12H2,(H,18,21)/t13-,14+/m1/s1. The smallest absolute Gasteiger partial charge is 0.237 e. The third kappa shape index (κ3) is 3.62. The molecule has 0 aromatic rings. The molecule has 2 saturated heterocycles. The highest BCUT2D eigenvalue weighted by molar-refractivity contribution is 5.82. The van der Waals surface area contributed by atoms with Crippen LogP contribution in [0.1, 0.15) is 38.5 Å². The topological polar surface area (TPSA) is 73.8 Å². The predicted octanol–water partition coefficient (Wildman–Crippen LogP) is -0.139. The van der Waals surface area contributed by atoms with Crippen LogP contribution in [0.4, 0.5) is 0 Å². The molecule has 1 amide bonds. The van der Waals surface area contributed by atoms with Gasteiger partial charge in [0, 0.05) is 31.7 Å². The Morgan fingerprint density at radius 1 is 1.27 bits per heavy atom. The number of carbonyl (C=O) groups is 1. The normalized spacial score (nSPS) is 32.8. The number of hydrogen-bond acceptors (Lipinski definition) is 5. The van der Waals surface area contributed by atoms with E-state index in [1.807, 2.05) is 0 Å². The molecule has 6 nitrogen and oxygen atoms in total. The second-order valence-electron chi connectivity index (χ2n) is 6.95. The van der Waals surface area contributed by atoms with Gasteiger partial charge in [-0.3, -0.25) is 9.69 Å². The summed E-state index contributed by atoms with van der Waals surface area (Å²) in [5.74, 6) is 0.0368. The molecule has 2 aliphatic heterocycles. The van der Waals surface area contributed by atoms with Crippen molar-refractivity contribution in [3.8, 4) is 0 Å². The van der Waals surface area contributed by atoms with Crippen LogP contribution in [0, 0.1) is 0 Å². The number of carbonyl (C=O) groups excluding carboxylic acids is 1. The molecule has 1 saturated carbocycles. The second-order valence-corrected chi connectivity index (χ2v) is 6.95. The van der Waals surface area contributed by atoms with Crippen LogP contribution >= 0.6 is 0 Å². The van der Waals surface area contributed by atoms with Crippen molar-refractivity contribution in [3.05, 3.63) is 0 Å². The lowest BCUT2D eigenvalue weighted by Crippen LogP contribution is -2.60. The zero-order valence-corrected chi connectivity index (χ0v) is 13.4. The van der Waals surface area contributed by atoms with Crippen molar-refractivity contribution in [3.63, 3.8) is 0 Å². The van der Waals surface area contributed by atoms with Crippen molar-refractivity contribution in [2.24, 2.45) is 0 Å². The number of β-amino-alcohol motifs (C(OH)–C–C–N with tert-alkyl or cyclic N) is 1. The van der Waals surface area contributed by atoms with Gasteiger partial charge in [0.15, 0.2) is 0 Å². The molecule has 1 aliphatic carbocycles. The minimum absolute atomic E-state index is 0.0368. The largest absolute Gasteiger partial charge is 0.392 e. The summed E-state index contributed by atoms with van der Waals surface area (Å²) in [6.07, 6.45) is 6.24. The average Bonchev–Trinajstić information content (AvgIpc) is 3.01. The molecule has 3 rings (SSSR count). The monoisotopic (exact) mass is 311 g/mol. The number of rotatable bonds is 4. The fraction of sp³-hybridized carbons (Fsp3) is 0.938. The minimum atomic E-state index is -0.390. The van der Waals surface area contributed by atoms with Gasteiger partial charge >= 0.3 is 0 Å². The minimum Gasteiger partial charge on any atom is -0.392 e. The lowest BCUT2D eigenvalue weighted by molar-refractivity contribution is -0.124. The van der Waals surface area contributed by atoms with Crippen LogP contribution in [0.2, 0.25) is 0 Å². The number of aliphatic hydroxyl groups is 1. The molecule has 0 aromatic heterocycles. The first kappa shape index (κ1) is 16.2. The Bertz CT molecular complexity index is 379. The van der Waals surface area contributed by atoms with Gasteiger partial charge < -0.3 is 20.5 Å². The van der Waals surface area contributed by atoms with Crippen molar-refractivity contribution in [2.45, 2.75) is 56.2 Å². The van der Waals surface area contributed by atoms with E-state index in [1.54, 1.807) is 0 Å². The molecule has 0 bridgehead atoms. The van der Waals surface area contributed by atoms with Gasteiger partial charge in [-0.05, 0) is 19.3 Å². The molecule has 0 unspecified atom stereocenters. The molecule has 2 heterocycles. The van der Waals surface area contributed by atoms with Crippen molar-refractivity contribution in [2.75, 3.05) is 39.4 Å². The van der Waals surface area contributed by atoms with E-state index >= 15 is 0 Å². The van der Waals surface area contributed by atoms with Gasteiger partial charge in [0.2, 0.25) is 5.91 Å². The summed E-state index contributed by atoms with van der Waals surface area (Å²) in [5.41, 5.74) is 0.106. The fourth-order valence-corrected chi connectivity index (χ4v) is 4.14. The highest BCUT2D eigenvalue weighted by Crippen LogP contribution is 2.33. The number of nitrogens with one attached hydrogen (secondary N) is 2. The van der Waals surface area contributed by atoms with Gasteiger partial charge in [0.1, 0.15) is 0 Å². The summed E-state index contributed by atoms with van der Waals surface area (Å²) in [4.78, 5) is 14.9. The maximum absolute atomic E-state index is 12.3. The molecular weight excluding hydrogens is 282 g/mol. The predicted molar refractivity (Wildman–Crippen MR) is 83.6 cm³/mol. The number of amides is 1. The first-order valence-corrected chi connectivity index (χ1v) is 8.72. The number of nitrogens with zero attached hydrogens (tertiary/aromatic N) is 1. The first-order valence-electron chi connectivity index (χ1n) is 8.72. The molecule has 0 spiro atoms. The van der Waals surface area contributed by atoms with Crippen LogP contribution < -0.4 is 10.6 Å². The van der Waals surface area contributed by atoms with E-state index in [0.717, 1.165) is 45.7 Å². The van der Waals surface area contributed by atoms with E-state index < -0.39 is 6.10 Å². The van der Waals surface area contributed by atoms with E-state index in [9.17, 15) is 9.90 Å². The maximum atomic E-state index is 12.3. The molecule has 0 aromatic carbocycles. The number of hydrogen-bond donors (Lipinski definition) is 3. The Morgan fingerprint density at radius 2 is 2.00 bits per heavy atom. The molecule has 3 fully saturated rings. The lowest BCUT2D eigenvalue weighted by Gasteiger charge is -2.48. The van der Waals surface area contributed by atoms with Crippen LogP contribution in [-0.2, 0) is 9.53 Å². The lowest BCUT2D eigenvalue weighted by atomic mass is 9.79. The molecule has 22 heavy (non-hydrogen) atoms. The van der Waals surface area contributed by atoms with Crippen molar-refractivity contribution in [1.82, 2.24) is 15.5 Å². The van der Waals surface area contributed by atoms with E-state index in [-0.39, 0.29) is 17.5 Å². The van der Waals surface area contributed by atoms with Crippen molar-refractivity contribution < 1.29 is 14.6 Å². The van der Waals surface area contributed by atoms with Gasteiger partial charge in [-0.15, -0.1) is 0 Å². The van der Waals surface area contributed by atoms with Crippen LogP contribution in [0.5, 0.6) is 0 Å². The first-order chi connectivity index (χ1) is 10.7. The Balaban J connectivity index is 1.59. The highest BCUT2D eigenvalue weighted by Gasteiger charge is 2.39. The summed E-state index contributed by atoms with van der Waals surface area (Å²) in [5, 5.41) is 15.8. The van der Waals surface area contributed by atoms with Crippen molar-refractivity contribution in [1.29, 1.82) is 0 Å². The van der Waals surface area contributed by atoms with Gasteiger partial charge in [-0.2, -0.15) is 0 Å². The van der Waals surface area contributed by atoms with Gasteiger partial charge in [0.25, 0.3) is 0 Å². The summed E-state index contributed by atoms with van der Waals surface area (Å²) >= 11 is 0. The molecule has 0 radical (unpaired) electrons. The second kappa shape index (κ2) is 7.25. The number of aliphatic hydroxyl groups excluding tert-OH is 1. The number of morpholine rings is 1. The van der Waals surface area contributed by atoms with E-state index in [2.05, 4.69) is 15.5 Å². The van der Waals surface area contributed by atoms with Gasteiger partial charge in [0.05, 0.1) is 25.4 Å². The summed E-state index contributed by atoms with van der Waals surface area (Å²) in [7, 11) is 0.